The first kappa shape index (κ1) is 14.0. The second-order valence-electron chi connectivity index (χ2n) is 4.37. The van der Waals surface area contributed by atoms with Gasteiger partial charge in [-0.3, -0.25) is 4.79 Å². The van der Waals surface area contributed by atoms with Gasteiger partial charge in [0.25, 0.3) is 0 Å². The Labute approximate surface area is 116 Å². The van der Waals surface area contributed by atoms with E-state index >= 15 is 0 Å². The van der Waals surface area contributed by atoms with Gasteiger partial charge in [0.05, 0.1) is 13.2 Å². The van der Waals surface area contributed by atoms with Gasteiger partial charge in [-0.05, 0) is 31.2 Å². The lowest BCUT2D eigenvalue weighted by Gasteiger charge is -2.06. The van der Waals surface area contributed by atoms with Gasteiger partial charge in [-0.1, -0.05) is 0 Å². The zero-order chi connectivity index (χ0) is 14.5. The number of methoxy groups -OCH3 is 1. The smallest absolute Gasteiger partial charge is 0.246 e. The maximum Gasteiger partial charge on any atom is 0.246 e. The predicted molar refractivity (Wildman–Crippen MR) is 74.2 cm³/mol. The summed E-state index contributed by atoms with van der Waals surface area (Å²) >= 11 is 0. The number of ether oxygens (including phenoxy) is 1. The number of nitrogens with one attached hydrogen (secondary N) is 1. The Morgan fingerprint density at radius 3 is 2.70 bits per heavy atom. The van der Waals surface area contributed by atoms with Crippen LogP contribution in [-0.2, 0) is 11.3 Å². The highest BCUT2D eigenvalue weighted by Gasteiger charge is 2.08. The van der Waals surface area contributed by atoms with Crippen molar-refractivity contribution in [1.29, 1.82) is 0 Å². The van der Waals surface area contributed by atoms with Gasteiger partial charge in [-0.2, -0.15) is 5.10 Å². The van der Waals surface area contributed by atoms with Crippen LogP contribution in [0.2, 0.25) is 0 Å². The fourth-order valence-corrected chi connectivity index (χ4v) is 1.62. The molecule has 0 bridgehead atoms. The third-order valence-electron chi connectivity index (χ3n) is 2.64. The van der Waals surface area contributed by atoms with Crippen LogP contribution in [0, 0.1) is 0 Å². The van der Waals surface area contributed by atoms with Crippen LogP contribution in [0.5, 0.6) is 5.75 Å². The molecule has 2 rings (SSSR count). The molecule has 0 spiro atoms. The van der Waals surface area contributed by atoms with Gasteiger partial charge >= 0.3 is 0 Å². The topological polar surface area (TPSA) is 95.1 Å². The number of carbonyl (C=O) groups is 1. The summed E-state index contributed by atoms with van der Waals surface area (Å²) in [4.78, 5) is 15.9. The lowest BCUT2D eigenvalue weighted by Crippen LogP contribution is -2.19. The molecular weight excluding hydrogens is 258 g/mol. The molecule has 0 aliphatic heterocycles. The van der Waals surface area contributed by atoms with Crippen molar-refractivity contribution in [2.24, 2.45) is 5.73 Å². The van der Waals surface area contributed by atoms with Gasteiger partial charge in [0.2, 0.25) is 5.91 Å². The van der Waals surface area contributed by atoms with Gasteiger partial charge in [-0.15, -0.1) is 0 Å². The van der Waals surface area contributed by atoms with Gasteiger partial charge in [0.1, 0.15) is 18.6 Å². The van der Waals surface area contributed by atoms with Crippen LogP contribution in [0.4, 0.5) is 5.69 Å². The van der Waals surface area contributed by atoms with Crippen LogP contribution >= 0.6 is 0 Å². The second-order valence-corrected chi connectivity index (χ2v) is 4.37. The van der Waals surface area contributed by atoms with E-state index in [1.165, 1.54) is 11.0 Å². The van der Waals surface area contributed by atoms with Crippen molar-refractivity contribution in [3.05, 3.63) is 36.4 Å². The molecule has 20 heavy (non-hydrogen) atoms. The molecule has 106 valence electrons. The number of aromatic nitrogens is 3. The molecule has 1 heterocycles. The predicted octanol–water partition coefficient (Wildman–Crippen LogP) is 0.945. The quantitative estimate of drug-likeness (QED) is 0.847. The second kappa shape index (κ2) is 6.16. The molecule has 7 nitrogen and oxygen atoms in total. The van der Waals surface area contributed by atoms with E-state index in [9.17, 15) is 4.79 Å². The Bertz CT molecular complexity index is 577. The molecule has 7 heteroatoms. The van der Waals surface area contributed by atoms with Crippen molar-refractivity contribution in [1.82, 2.24) is 14.8 Å². The van der Waals surface area contributed by atoms with E-state index in [-0.39, 0.29) is 18.5 Å². The Hall–Kier alpha value is -2.41. The standard InChI is InChI=1S/C13H17N5O2/c1-9(14)13-15-8-18(17-13)7-12(19)16-10-3-5-11(20-2)6-4-10/h3-6,8-9H,7,14H2,1-2H3,(H,16,19). The first-order chi connectivity index (χ1) is 9.58. The Morgan fingerprint density at radius 2 is 2.15 bits per heavy atom. The molecule has 3 N–H and O–H groups in total. The van der Waals surface area contributed by atoms with Crippen LogP contribution in [0.25, 0.3) is 0 Å². The Morgan fingerprint density at radius 1 is 1.45 bits per heavy atom. The van der Waals surface area contributed by atoms with Crippen molar-refractivity contribution in [2.75, 3.05) is 12.4 Å². The summed E-state index contributed by atoms with van der Waals surface area (Å²) in [6, 6.07) is 6.84. The van der Waals surface area contributed by atoms with Crippen molar-refractivity contribution < 1.29 is 9.53 Å². The highest BCUT2D eigenvalue weighted by Crippen LogP contribution is 2.14. The van der Waals surface area contributed by atoms with Crippen molar-refractivity contribution >= 4 is 11.6 Å². The Kier molecular flexibility index (Phi) is 4.31. The summed E-state index contributed by atoms with van der Waals surface area (Å²) in [5.74, 6) is 1.07. The normalized spacial score (nSPS) is 11.9. The van der Waals surface area contributed by atoms with E-state index < -0.39 is 0 Å². The van der Waals surface area contributed by atoms with Gasteiger partial charge in [0, 0.05) is 5.69 Å². The zero-order valence-corrected chi connectivity index (χ0v) is 11.4. The van der Waals surface area contributed by atoms with E-state index in [1.54, 1.807) is 38.3 Å². The number of nitrogens with zero attached hydrogens (tertiary/aromatic N) is 3. The molecule has 1 amide bonds. The SMILES string of the molecule is COc1ccc(NC(=O)Cn2cnc(C(C)N)n2)cc1. The fraction of sp³-hybridized carbons (Fsp3) is 0.308. The molecule has 1 unspecified atom stereocenters. The summed E-state index contributed by atoms with van der Waals surface area (Å²) < 4.78 is 6.50. The highest BCUT2D eigenvalue weighted by molar-refractivity contribution is 5.90. The van der Waals surface area contributed by atoms with Crippen LogP contribution in [0.1, 0.15) is 18.8 Å². The van der Waals surface area contributed by atoms with Crippen LogP contribution in [0.15, 0.2) is 30.6 Å². The minimum atomic E-state index is -0.249. The number of benzene rings is 1. The van der Waals surface area contributed by atoms with E-state index in [2.05, 4.69) is 15.4 Å². The van der Waals surface area contributed by atoms with Gasteiger partial charge < -0.3 is 15.8 Å². The minimum absolute atomic E-state index is 0.0890. The van der Waals surface area contributed by atoms with Crippen molar-refractivity contribution in [2.45, 2.75) is 19.5 Å². The first-order valence-corrected chi connectivity index (χ1v) is 6.17. The monoisotopic (exact) mass is 275 g/mol. The summed E-state index contributed by atoms with van der Waals surface area (Å²) in [6.07, 6.45) is 1.49. The summed E-state index contributed by atoms with van der Waals surface area (Å²) in [6.45, 7) is 1.88. The molecule has 0 aliphatic rings. The lowest BCUT2D eigenvalue weighted by atomic mass is 10.3. The van der Waals surface area contributed by atoms with E-state index in [4.69, 9.17) is 10.5 Å². The number of rotatable bonds is 5. The van der Waals surface area contributed by atoms with E-state index in [0.29, 0.717) is 11.5 Å². The van der Waals surface area contributed by atoms with Crippen molar-refractivity contribution in [3.63, 3.8) is 0 Å². The maximum atomic E-state index is 11.9. The van der Waals surface area contributed by atoms with Crippen LogP contribution in [0.3, 0.4) is 0 Å². The van der Waals surface area contributed by atoms with Gasteiger partial charge in [0.15, 0.2) is 5.82 Å². The zero-order valence-electron chi connectivity index (χ0n) is 11.4. The molecule has 1 atom stereocenters. The molecular formula is C13H17N5O2. The number of nitrogens with two attached hydrogens (primary N) is 1. The summed E-state index contributed by atoms with van der Waals surface area (Å²) in [5.41, 5.74) is 6.36. The molecule has 1 aromatic heterocycles. The number of hydrogen-bond acceptors (Lipinski definition) is 5. The van der Waals surface area contributed by atoms with Crippen molar-refractivity contribution in [3.8, 4) is 5.75 Å². The molecule has 2 aromatic rings. The lowest BCUT2D eigenvalue weighted by molar-refractivity contribution is -0.116. The fourth-order valence-electron chi connectivity index (χ4n) is 1.62. The summed E-state index contributed by atoms with van der Waals surface area (Å²) in [7, 11) is 1.59. The average Bonchev–Trinajstić information content (AvgIpc) is 2.88. The number of amides is 1. The molecule has 0 fully saturated rings. The Balaban J connectivity index is 1.93. The summed E-state index contributed by atoms with van der Waals surface area (Å²) in [5, 5.41) is 6.88. The van der Waals surface area contributed by atoms with E-state index in [0.717, 1.165) is 5.75 Å². The molecule has 1 aromatic carbocycles. The largest absolute Gasteiger partial charge is 0.497 e. The molecule has 0 saturated heterocycles. The highest BCUT2D eigenvalue weighted by atomic mass is 16.5. The third-order valence-corrected chi connectivity index (χ3v) is 2.64. The molecule has 0 aliphatic carbocycles. The molecule has 0 saturated carbocycles. The van der Waals surface area contributed by atoms with Crippen LogP contribution < -0.4 is 15.8 Å². The number of carbonyl (C=O) groups excluding carboxylic acids is 1. The average molecular weight is 275 g/mol. The number of anilines is 1. The minimum Gasteiger partial charge on any atom is -0.497 e. The van der Waals surface area contributed by atoms with E-state index in [1.807, 2.05) is 0 Å². The maximum absolute atomic E-state index is 11.9. The third kappa shape index (κ3) is 3.55. The van der Waals surface area contributed by atoms with Gasteiger partial charge in [-0.25, -0.2) is 9.67 Å². The number of hydrogen-bond donors (Lipinski definition) is 2. The molecule has 0 radical (unpaired) electrons. The van der Waals surface area contributed by atoms with Crippen LogP contribution in [-0.4, -0.2) is 27.8 Å². The first-order valence-electron chi connectivity index (χ1n) is 6.17.